The summed E-state index contributed by atoms with van der Waals surface area (Å²) in [5.74, 6) is -0.318. The van der Waals surface area contributed by atoms with Crippen molar-refractivity contribution in [3.8, 4) is 11.5 Å². The molecule has 30 heavy (non-hydrogen) atoms. The molecule has 0 saturated carbocycles. The van der Waals surface area contributed by atoms with Gasteiger partial charge in [-0.15, -0.1) is 11.3 Å². The third-order valence-electron chi connectivity index (χ3n) is 4.13. The van der Waals surface area contributed by atoms with Gasteiger partial charge in [0.25, 0.3) is 5.56 Å². The summed E-state index contributed by atoms with van der Waals surface area (Å²) in [6.07, 6.45) is 1.53. The van der Waals surface area contributed by atoms with E-state index in [1.165, 1.54) is 12.1 Å². The lowest BCUT2D eigenvalue weighted by Gasteiger charge is -2.08. The number of benzene rings is 1. The number of nitrogens with one attached hydrogen (secondary N) is 1. The first-order valence-electron chi connectivity index (χ1n) is 9.00. The number of hydrogen-bond donors (Lipinski definition) is 2. The highest BCUT2D eigenvalue weighted by atomic mass is 35.5. The molecule has 0 amide bonds. The van der Waals surface area contributed by atoms with Crippen LogP contribution in [0.3, 0.4) is 0 Å². The summed E-state index contributed by atoms with van der Waals surface area (Å²) in [7, 11) is 0. The number of carbonyl (C=O) groups excluding carboxylic acids is 1. The number of aromatic amines is 1. The lowest BCUT2D eigenvalue weighted by molar-refractivity contribution is 0.0531. The van der Waals surface area contributed by atoms with Crippen molar-refractivity contribution in [3.63, 3.8) is 0 Å². The number of thiophene rings is 1. The SMILES string of the molecule is CCOC(=O)c1sc2nc(/C(Cl)=C/c3cc(Cl)c(O)c(OCC)c3)[nH]c(=O)c2c1C. The van der Waals surface area contributed by atoms with Gasteiger partial charge in [0.15, 0.2) is 17.3 Å². The number of fused-ring (bicyclic) bond motifs is 1. The Bertz CT molecular complexity index is 1220. The first-order chi connectivity index (χ1) is 14.3. The Kier molecular flexibility index (Phi) is 6.70. The lowest BCUT2D eigenvalue weighted by atomic mass is 10.1. The number of phenols is 1. The molecule has 1 aromatic carbocycles. The Labute approximate surface area is 185 Å². The van der Waals surface area contributed by atoms with Crippen molar-refractivity contribution in [1.82, 2.24) is 9.97 Å². The van der Waals surface area contributed by atoms with Crippen LogP contribution in [-0.4, -0.2) is 34.3 Å². The maximum atomic E-state index is 12.6. The van der Waals surface area contributed by atoms with Crippen LogP contribution in [0.25, 0.3) is 21.3 Å². The molecule has 0 aliphatic carbocycles. The fourth-order valence-electron chi connectivity index (χ4n) is 2.81. The molecule has 0 bridgehead atoms. The third kappa shape index (κ3) is 4.30. The number of nitrogens with zero attached hydrogens (tertiary/aromatic N) is 1. The molecule has 0 fully saturated rings. The molecule has 0 aliphatic heterocycles. The van der Waals surface area contributed by atoms with Crippen molar-refractivity contribution < 1.29 is 19.4 Å². The Morgan fingerprint density at radius 1 is 1.33 bits per heavy atom. The van der Waals surface area contributed by atoms with E-state index in [0.717, 1.165) is 11.3 Å². The Morgan fingerprint density at radius 3 is 2.73 bits per heavy atom. The molecule has 7 nitrogen and oxygen atoms in total. The maximum Gasteiger partial charge on any atom is 0.348 e. The summed E-state index contributed by atoms with van der Waals surface area (Å²) in [6.45, 7) is 5.74. The summed E-state index contributed by atoms with van der Waals surface area (Å²) in [6, 6.07) is 3.07. The van der Waals surface area contributed by atoms with Gasteiger partial charge in [-0.05, 0) is 50.1 Å². The number of halogens is 2. The number of H-pyrrole nitrogens is 1. The minimum absolute atomic E-state index is 0.0986. The van der Waals surface area contributed by atoms with Gasteiger partial charge in [0.2, 0.25) is 0 Å². The van der Waals surface area contributed by atoms with E-state index < -0.39 is 11.5 Å². The summed E-state index contributed by atoms with van der Waals surface area (Å²) in [5, 5.41) is 10.5. The first-order valence-corrected chi connectivity index (χ1v) is 10.6. The van der Waals surface area contributed by atoms with Crippen LogP contribution in [0.5, 0.6) is 11.5 Å². The lowest BCUT2D eigenvalue weighted by Crippen LogP contribution is -2.11. The molecule has 3 rings (SSSR count). The number of phenolic OH excluding ortho intramolecular Hbond substituents is 1. The zero-order valence-electron chi connectivity index (χ0n) is 16.3. The molecule has 158 valence electrons. The number of rotatable bonds is 6. The van der Waals surface area contributed by atoms with Gasteiger partial charge in [-0.3, -0.25) is 4.79 Å². The molecule has 10 heteroatoms. The van der Waals surface area contributed by atoms with E-state index in [1.807, 2.05) is 0 Å². The van der Waals surface area contributed by atoms with Gasteiger partial charge >= 0.3 is 5.97 Å². The molecule has 2 aromatic heterocycles. The minimum atomic E-state index is -0.497. The number of hydrogen-bond acceptors (Lipinski definition) is 7. The fourth-order valence-corrected chi connectivity index (χ4v) is 4.32. The summed E-state index contributed by atoms with van der Waals surface area (Å²) in [5.41, 5.74) is 0.647. The summed E-state index contributed by atoms with van der Waals surface area (Å²) >= 11 is 13.5. The number of carbonyl (C=O) groups is 1. The number of aromatic nitrogens is 2. The number of ether oxygens (including phenoxy) is 2. The molecular formula is C20H18Cl2N2O5S. The summed E-state index contributed by atoms with van der Waals surface area (Å²) < 4.78 is 10.4. The van der Waals surface area contributed by atoms with Crippen molar-refractivity contribution in [2.75, 3.05) is 13.2 Å². The Balaban J connectivity index is 2.06. The molecule has 0 aliphatic rings. The summed E-state index contributed by atoms with van der Waals surface area (Å²) in [4.78, 5) is 32.5. The second kappa shape index (κ2) is 9.07. The number of esters is 1. The zero-order chi connectivity index (χ0) is 22.0. The van der Waals surface area contributed by atoms with Crippen molar-refractivity contribution >= 4 is 61.8 Å². The Hall–Kier alpha value is -2.55. The minimum Gasteiger partial charge on any atom is -0.503 e. The van der Waals surface area contributed by atoms with Gasteiger partial charge in [-0.1, -0.05) is 23.2 Å². The average molecular weight is 469 g/mol. The van der Waals surface area contributed by atoms with E-state index in [-0.39, 0.29) is 34.0 Å². The molecule has 2 heterocycles. The fraction of sp³-hybridized carbons (Fsp3) is 0.250. The van der Waals surface area contributed by atoms with Crippen LogP contribution < -0.4 is 10.3 Å². The van der Waals surface area contributed by atoms with Crippen molar-refractivity contribution in [2.45, 2.75) is 20.8 Å². The maximum absolute atomic E-state index is 12.6. The van der Waals surface area contributed by atoms with Crippen LogP contribution in [0.15, 0.2) is 16.9 Å². The van der Waals surface area contributed by atoms with Crippen LogP contribution in [0.2, 0.25) is 5.02 Å². The topological polar surface area (TPSA) is 102 Å². The van der Waals surface area contributed by atoms with Gasteiger partial charge in [0, 0.05) is 0 Å². The largest absolute Gasteiger partial charge is 0.503 e. The predicted octanol–water partition coefficient (Wildman–Crippen LogP) is 4.96. The smallest absolute Gasteiger partial charge is 0.348 e. The predicted molar refractivity (Wildman–Crippen MR) is 119 cm³/mol. The third-order valence-corrected chi connectivity index (χ3v) is 5.87. The van der Waals surface area contributed by atoms with E-state index in [1.54, 1.807) is 26.8 Å². The molecule has 0 unspecified atom stereocenters. The van der Waals surface area contributed by atoms with Crippen LogP contribution in [0, 0.1) is 6.92 Å². The average Bonchev–Trinajstić information content (AvgIpc) is 3.03. The standard InChI is InChI=1S/C20H18Cl2N2O5S/c1-4-28-13-8-10(6-11(21)15(13)25)7-12(22)17-23-18(26)14-9(3)16(20(27)29-5-2)30-19(14)24-17/h6-8,25H,4-5H2,1-3H3,(H,23,24,26)/b12-7-. The van der Waals surface area contributed by atoms with Crippen LogP contribution in [0.1, 0.15) is 40.5 Å². The quantitative estimate of drug-likeness (QED) is 0.495. The van der Waals surface area contributed by atoms with Gasteiger partial charge < -0.3 is 19.6 Å². The van der Waals surface area contributed by atoms with E-state index in [0.29, 0.717) is 32.8 Å². The van der Waals surface area contributed by atoms with Crippen LogP contribution >= 0.6 is 34.5 Å². The highest BCUT2D eigenvalue weighted by Gasteiger charge is 2.20. The van der Waals surface area contributed by atoms with E-state index in [9.17, 15) is 14.7 Å². The monoisotopic (exact) mass is 468 g/mol. The first kappa shape index (κ1) is 22.1. The van der Waals surface area contributed by atoms with Gasteiger partial charge in [-0.25, -0.2) is 9.78 Å². The number of aryl methyl sites for hydroxylation is 1. The second-order valence-corrected chi connectivity index (χ2v) is 7.96. The van der Waals surface area contributed by atoms with E-state index in [4.69, 9.17) is 32.7 Å². The molecule has 3 aromatic rings. The zero-order valence-corrected chi connectivity index (χ0v) is 18.7. The molecule has 0 radical (unpaired) electrons. The number of aromatic hydroxyl groups is 1. The highest BCUT2D eigenvalue weighted by molar-refractivity contribution is 7.20. The Morgan fingerprint density at radius 2 is 2.07 bits per heavy atom. The highest BCUT2D eigenvalue weighted by Crippen LogP contribution is 2.36. The van der Waals surface area contributed by atoms with Gasteiger partial charge in [0.1, 0.15) is 9.71 Å². The van der Waals surface area contributed by atoms with Crippen LogP contribution in [-0.2, 0) is 4.74 Å². The van der Waals surface area contributed by atoms with Crippen molar-refractivity contribution in [3.05, 3.63) is 49.3 Å². The molecule has 0 spiro atoms. The molecule has 0 atom stereocenters. The molecule has 2 N–H and O–H groups in total. The molecule has 0 saturated heterocycles. The second-order valence-electron chi connectivity index (χ2n) is 6.15. The normalized spacial score (nSPS) is 11.7. The van der Waals surface area contributed by atoms with Gasteiger partial charge in [0.05, 0.1) is 28.7 Å². The van der Waals surface area contributed by atoms with E-state index >= 15 is 0 Å². The van der Waals surface area contributed by atoms with E-state index in [2.05, 4.69) is 9.97 Å². The van der Waals surface area contributed by atoms with Gasteiger partial charge in [-0.2, -0.15) is 0 Å². The molecular weight excluding hydrogens is 451 g/mol. The van der Waals surface area contributed by atoms with Crippen molar-refractivity contribution in [1.29, 1.82) is 0 Å². The van der Waals surface area contributed by atoms with Crippen LogP contribution in [0.4, 0.5) is 0 Å². The van der Waals surface area contributed by atoms with Crippen molar-refractivity contribution in [2.24, 2.45) is 0 Å².